The van der Waals surface area contributed by atoms with E-state index in [-0.39, 0.29) is 0 Å². The largest absolute Gasteiger partial charge is 0.496 e. The lowest BCUT2D eigenvalue weighted by atomic mass is 10.1. The molecule has 0 radical (unpaired) electrons. The molecule has 0 saturated heterocycles. The van der Waals surface area contributed by atoms with Crippen LogP contribution in [0, 0.1) is 6.92 Å². The topological polar surface area (TPSA) is 52.6 Å². The number of nitrogens with one attached hydrogen (secondary N) is 1. The molecule has 5 nitrogen and oxygen atoms in total. The zero-order valence-corrected chi connectivity index (χ0v) is 13.5. The van der Waals surface area contributed by atoms with Gasteiger partial charge in [-0.05, 0) is 13.0 Å². The van der Waals surface area contributed by atoms with E-state index in [1.165, 1.54) is 0 Å². The first-order valence-electron chi connectivity index (χ1n) is 6.58. The molecule has 0 aliphatic carbocycles. The van der Waals surface area contributed by atoms with E-state index >= 15 is 0 Å². The molecule has 1 aromatic carbocycles. The minimum atomic E-state index is 0.660. The Balaban J connectivity index is 2.07. The number of benzene rings is 1. The zero-order valence-electron chi connectivity index (χ0n) is 12.7. The van der Waals surface area contributed by atoms with Crippen LogP contribution in [-0.2, 0) is 13.1 Å². The van der Waals surface area contributed by atoms with Gasteiger partial charge in [0.1, 0.15) is 5.75 Å². The van der Waals surface area contributed by atoms with Crippen molar-refractivity contribution in [3.8, 4) is 17.2 Å². The van der Waals surface area contributed by atoms with Gasteiger partial charge in [0.05, 0.1) is 32.0 Å². The third-order valence-corrected chi connectivity index (χ3v) is 3.90. The second kappa shape index (κ2) is 7.28. The summed E-state index contributed by atoms with van der Waals surface area (Å²) in [5.41, 5.74) is 2.07. The summed E-state index contributed by atoms with van der Waals surface area (Å²) in [6, 6.07) is 3.76. The van der Waals surface area contributed by atoms with E-state index in [2.05, 4.69) is 15.7 Å². The number of aromatic nitrogens is 1. The highest BCUT2D eigenvalue weighted by atomic mass is 32.1. The van der Waals surface area contributed by atoms with Crippen LogP contribution in [0.1, 0.15) is 16.3 Å². The van der Waals surface area contributed by atoms with E-state index in [9.17, 15) is 0 Å². The average molecular weight is 308 g/mol. The monoisotopic (exact) mass is 308 g/mol. The molecule has 6 heteroatoms. The van der Waals surface area contributed by atoms with Crippen LogP contribution in [-0.4, -0.2) is 26.3 Å². The van der Waals surface area contributed by atoms with Gasteiger partial charge in [0.15, 0.2) is 11.5 Å². The van der Waals surface area contributed by atoms with Crippen molar-refractivity contribution in [2.45, 2.75) is 20.0 Å². The summed E-state index contributed by atoms with van der Waals surface area (Å²) in [5.74, 6) is 2.13. The van der Waals surface area contributed by atoms with E-state index in [0.29, 0.717) is 18.0 Å². The fraction of sp³-hybridized carbons (Fsp3) is 0.400. The number of ether oxygens (including phenoxy) is 3. The molecule has 0 aliphatic heterocycles. The Kier molecular flexibility index (Phi) is 5.41. The Bertz CT molecular complexity index is 599. The molecular weight excluding hydrogens is 288 g/mol. The van der Waals surface area contributed by atoms with Crippen LogP contribution in [0.25, 0.3) is 0 Å². The van der Waals surface area contributed by atoms with Crippen molar-refractivity contribution in [1.82, 2.24) is 10.3 Å². The van der Waals surface area contributed by atoms with Crippen molar-refractivity contribution >= 4 is 11.3 Å². The standard InChI is InChI=1S/C15H20N2O3S/c1-10-17-12(9-21-10)8-16-7-11-5-14(19-3)15(20-4)6-13(11)18-2/h5-6,9,16H,7-8H2,1-4H3. The van der Waals surface area contributed by atoms with Crippen molar-refractivity contribution in [3.63, 3.8) is 0 Å². The van der Waals surface area contributed by atoms with Crippen molar-refractivity contribution in [2.75, 3.05) is 21.3 Å². The quantitative estimate of drug-likeness (QED) is 0.852. The normalized spacial score (nSPS) is 10.5. The second-order valence-electron chi connectivity index (χ2n) is 4.48. The van der Waals surface area contributed by atoms with Crippen LogP contribution < -0.4 is 19.5 Å². The van der Waals surface area contributed by atoms with Gasteiger partial charge in [-0.15, -0.1) is 11.3 Å². The van der Waals surface area contributed by atoms with Crippen molar-refractivity contribution < 1.29 is 14.2 Å². The fourth-order valence-electron chi connectivity index (χ4n) is 2.05. The maximum Gasteiger partial charge on any atom is 0.164 e. The molecule has 1 heterocycles. The van der Waals surface area contributed by atoms with E-state index < -0.39 is 0 Å². The summed E-state index contributed by atoms with van der Waals surface area (Å²) in [7, 11) is 4.88. The van der Waals surface area contributed by atoms with E-state index in [0.717, 1.165) is 28.6 Å². The molecule has 0 atom stereocenters. The number of hydrogen-bond donors (Lipinski definition) is 1. The number of methoxy groups -OCH3 is 3. The van der Waals surface area contributed by atoms with E-state index in [1.54, 1.807) is 32.7 Å². The van der Waals surface area contributed by atoms with Crippen LogP contribution in [0.2, 0.25) is 0 Å². The number of thiazole rings is 1. The Morgan fingerprint density at radius 3 is 2.24 bits per heavy atom. The van der Waals surface area contributed by atoms with Gasteiger partial charge in [-0.1, -0.05) is 0 Å². The first-order valence-corrected chi connectivity index (χ1v) is 7.46. The fourth-order valence-corrected chi connectivity index (χ4v) is 2.66. The lowest BCUT2D eigenvalue weighted by Gasteiger charge is -2.14. The summed E-state index contributed by atoms with van der Waals surface area (Å²) in [5, 5.41) is 6.51. The Morgan fingerprint density at radius 2 is 1.67 bits per heavy atom. The van der Waals surface area contributed by atoms with Crippen LogP contribution in [0.4, 0.5) is 0 Å². The molecule has 1 aromatic heterocycles. The molecule has 2 aromatic rings. The van der Waals surface area contributed by atoms with Gasteiger partial charge in [0, 0.05) is 30.1 Å². The average Bonchev–Trinajstić information content (AvgIpc) is 2.92. The third kappa shape index (κ3) is 3.86. The van der Waals surface area contributed by atoms with Gasteiger partial charge >= 0.3 is 0 Å². The van der Waals surface area contributed by atoms with Gasteiger partial charge in [-0.3, -0.25) is 0 Å². The minimum absolute atomic E-state index is 0.660. The van der Waals surface area contributed by atoms with Gasteiger partial charge in [0.2, 0.25) is 0 Å². The molecule has 21 heavy (non-hydrogen) atoms. The molecular formula is C15H20N2O3S. The molecule has 0 saturated carbocycles. The number of aryl methyl sites for hydroxylation is 1. The molecule has 1 N–H and O–H groups in total. The first-order chi connectivity index (χ1) is 10.2. The lowest BCUT2D eigenvalue weighted by molar-refractivity contribution is 0.347. The summed E-state index contributed by atoms with van der Waals surface area (Å²) in [6.45, 7) is 3.40. The summed E-state index contributed by atoms with van der Waals surface area (Å²) < 4.78 is 16.0. The van der Waals surface area contributed by atoms with Crippen LogP contribution in [0.3, 0.4) is 0 Å². The minimum Gasteiger partial charge on any atom is -0.496 e. The van der Waals surface area contributed by atoms with E-state index in [4.69, 9.17) is 14.2 Å². The first kappa shape index (κ1) is 15.6. The predicted molar refractivity (Wildman–Crippen MR) is 83.5 cm³/mol. The lowest BCUT2D eigenvalue weighted by Crippen LogP contribution is -2.14. The van der Waals surface area contributed by atoms with Crippen LogP contribution >= 0.6 is 11.3 Å². The van der Waals surface area contributed by atoms with Gasteiger partial charge in [-0.2, -0.15) is 0 Å². The molecule has 0 aliphatic rings. The molecule has 0 spiro atoms. The Morgan fingerprint density at radius 1 is 1.00 bits per heavy atom. The highest BCUT2D eigenvalue weighted by Gasteiger charge is 2.11. The third-order valence-electron chi connectivity index (χ3n) is 3.07. The smallest absolute Gasteiger partial charge is 0.164 e. The number of rotatable bonds is 7. The van der Waals surface area contributed by atoms with Crippen molar-refractivity contribution in [1.29, 1.82) is 0 Å². The van der Waals surface area contributed by atoms with Gasteiger partial charge in [-0.25, -0.2) is 4.98 Å². The molecule has 0 unspecified atom stereocenters. The predicted octanol–water partition coefficient (Wildman–Crippen LogP) is 2.77. The highest BCUT2D eigenvalue weighted by Crippen LogP contribution is 2.34. The SMILES string of the molecule is COc1cc(OC)c(OC)cc1CNCc1csc(C)n1. The van der Waals surface area contributed by atoms with Crippen molar-refractivity contribution in [3.05, 3.63) is 33.8 Å². The number of nitrogens with zero attached hydrogens (tertiary/aromatic N) is 1. The zero-order chi connectivity index (χ0) is 15.2. The molecule has 2 rings (SSSR count). The maximum absolute atomic E-state index is 5.41. The van der Waals surface area contributed by atoms with Gasteiger partial charge in [0.25, 0.3) is 0 Å². The number of hydrogen-bond acceptors (Lipinski definition) is 6. The van der Waals surface area contributed by atoms with E-state index in [1.807, 2.05) is 19.1 Å². The molecule has 0 bridgehead atoms. The van der Waals surface area contributed by atoms with Gasteiger partial charge < -0.3 is 19.5 Å². The molecule has 114 valence electrons. The molecule has 0 fully saturated rings. The Hall–Kier alpha value is -1.79. The highest BCUT2D eigenvalue weighted by molar-refractivity contribution is 7.09. The van der Waals surface area contributed by atoms with Crippen LogP contribution in [0.5, 0.6) is 17.2 Å². The summed E-state index contributed by atoms with van der Waals surface area (Å²) in [6.07, 6.45) is 0. The summed E-state index contributed by atoms with van der Waals surface area (Å²) >= 11 is 1.66. The second-order valence-corrected chi connectivity index (χ2v) is 5.54. The Labute approximate surface area is 128 Å². The molecule has 0 amide bonds. The van der Waals surface area contributed by atoms with Crippen molar-refractivity contribution in [2.24, 2.45) is 0 Å². The van der Waals surface area contributed by atoms with Crippen LogP contribution in [0.15, 0.2) is 17.5 Å². The maximum atomic E-state index is 5.41. The summed E-state index contributed by atoms with van der Waals surface area (Å²) in [4.78, 5) is 4.43.